The van der Waals surface area contributed by atoms with Gasteiger partial charge in [0.2, 0.25) is 0 Å². The number of aliphatic carboxylic acids is 1. The SMILES string of the molecule is Cc1c(C)c2c(c(CN[C@@H](CC(C)C)C(=O)O)c1O)CCC(C)(CCCC(C)CCCC(C)CCCC(C)C)O2. The maximum Gasteiger partial charge on any atom is 0.320 e. The number of aromatic hydroxyl groups is 1. The average Bonchev–Trinajstić information content (AvgIpc) is 2.86. The molecule has 0 fully saturated rings. The zero-order valence-corrected chi connectivity index (χ0v) is 27.3. The number of benzene rings is 1. The van der Waals surface area contributed by atoms with Gasteiger partial charge in [-0.25, -0.2) is 0 Å². The summed E-state index contributed by atoms with van der Waals surface area (Å²) < 4.78 is 6.74. The van der Waals surface area contributed by atoms with E-state index in [9.17, 15) is 15.0 Å². The minimum atomic E-state index is -0.847. The lowest BCUT2D eigenvalue weighted by Gasteiger charge is -2.38. The Morgan fingerprint density at radius 3 is 2.02 bits per heavy atom. The molecule has 0 saturated heterocycles. The second-order valence-electron chi connectivity index (χ2n) is 14.2. The van der Waals surface area contributed by atoms with Gasteiger partial charge in [0.25, 0.3) is 0 Å². The third-order valence-electron chi connectivity index (χ3n) is 9.24. The van der Waals surface area contributed by atoms with Crippen LogP contribution in [0.25, 0.3) is 0 Å². The second kappa shape index (κ2) is 16.0. The molecule has 1 aliphatic heterocycles. The van der Waals surface area contributed by atoms with Crippen molar-refractivity contribution < 1.29 is 19.7 Å². The molecule has 1 aromatic rings. The molecule has 5 nitrogen and oxygen atoms in total. The molecule has 0 radical (unpaired) electrons. The van der Waals surface area contributed by atoms with Crippen LogP contribution in [0.1, 0.15) is 141 Å². The first kappa shape index (κ1) is 34.5. The first-order valence-corrected chi connectivity index (χ1v) is 16.2. The summed E-state index contributed by atoms with van der Waals surface area (Å²) in [5, 5.41) is 23.9. The third-order valence-corrected chi connectivity index (χ3v) is 9.24. The van der Waals surface area contributed by atoms with E-state index < -0.39 is 12.0 Å². The Labute approximate surface area is 245 Å². The van der Waals surface area contributed by atoms with Crippen LogP contribution in [0, 0.1) is 37.5 Å². The average molecular weight is 560 g/mol. The van der Waals surface area contributed by atoms with Crippen molar-refractivity contribution in [3.05, 3.63) is 22.3 Å². The summed E-state index contributed by atoms with van der Waals surface area (Å²) in [5.74, 6) is 3.00. The lowest BCUT2D eigenvalue weighted by molar-refractivity contribution is -0.140. The number of phenolic OH excluding ortho intramolecular Hbond substituents is 1. The lowest BCUT2D eigenvalue weighted by Crippen LogP contribution is -2.39. The summed E-state index contributed by atoms with van der Waals surface area (Å²) in [5.41, 5.74) is 3.44. The smallest absolute Gasteiger partial charge is 0.320 e. The predicted octanol–water partition coefficient (Wildman–Crippen LogP) is 9.12. The molecule has 3 unspecified atom stereocenters. The fourth-order valence-electron chi connectivity index (χ4n) is 6.31. The molecule has 0 aliphatic carbocycles. The highest BCUT2D eigenvalue weighted by molar-refractivity contribution is 5.73. The maximum absolute atomic E-state index is 11.8. The van der Waals surface area contributed by atoms with Crippen molar-refractivity contribution in [1.82, 2.24) is 5.32 Å². The molecule has 0 spiro atoms. The largest absolute Gasteiger partial charge is 0.507 e. The van der Waals surface area contributed by atoms with Crippen molar-refractivity contribution in [2.24, 2.45) is 23.7 Å². The molecule has 1 aliphatic rings. The monoisotopic (exact) mass is 559 g/mol. The molecule has 0 bridgehead atoms. The maximum atomic E-state index is 11.8. The quantitative estimate of drug-likeness (QED) is 0.167. The molecule has 0 aromatic heterocycles. The van der Waals surface area contributed by atoms with E-state index >= 15 is 0 Å². The second-order valence-corrected chi connectivity index (χ2v) is 14.2. The highest BCUT2D eigenvalue weighted by atomic mass is 16.5. The number of carboxylic acids is 1. The van der Waals surface area contributed by atoms with Crippen molar-refractivity contribution in [2.45, 2.75) is 158 Å². The van der Waals surface area contributed by atoms with Crippen molar-refractivity contribution in [1.29, 1.82) is 0 Å². The standard InChI is InChI=1S/C35H61NO4/c1-23(2)13-10-14-25(5)15-11-16-26(6)17-12-19-35(9)20-18-29-30(22-36-31(34(38)39)21-24(3)4)32(37)27(7)28(8)33(29)40-35/h23-26,31,36-37H,10-22H2,1-9H3,(H,38,39)/t25?,26?,31-,35?/m0/s1. The van der Waals surface area contributed by atoms with Crippen molar-refractivity contribution in [3.63, 3.8) is 0 Å². The van der Waals surface area contributed by atoms with E-state index in [0.29, 0.717) is 13.0 Å². The molecule has 3 N–H and O–H groups in total. The molecule has 1 aromatic carbocycles. The summed E-state index contributed by atoms with van der Waals surface area (Å²) in [4.78, 5) is 11.8. The lowest BCUT2D eigenvalue weighted by atomic mass is 9.83. The molecule has 1 heterocycles. The van der Waals surface area contributed by atoms with Gasteiger partial charge in [-0.1, -0.05) is 86.5 Å². The summed E-state index contributed by atoms with van der Waals surface area (Å²) >= 11 is 0. The molecule has 2 rings (SSSR count). The molecule has 40 heavy (non-hydrogen) atoms. The van der Waals surface area contributed by atoms with Crippen LogP contribution in [-0.2, 0) is 17.8 Å². The Balaban J connectivity index is 1.93. The zero-order chi connectivity index (χ0) is 30.0. The van der Waals surface area contributed by atoms with E-state index in [1.807, 2.05) is 27.7 Å². The van der Waals surface area contributed by atoms with Crippen LogP contribution in [0.15, 0.2) is 0 Å². The molecule has 5 heteroatoms. The number of carbonyl (C=O) groups is 1. The fourth-order valence-corrected chi connectivity index (χ4v) is 6.31. The number of hydrogen-bond acceptors (Lipinski definition) is 4. The van der Waals surface area contributed by atoms with Gasteiger partial charge in [0.05, 0.1) is 0 Å². The van der Waals surface area contributed by atoms with Gasteiger partial charge < -0.3 is 20.3 Å². The molecular formula is C35H61NO4. The van der Waals surface area contributed by atoms with Gasteiger partial charge in [0, 0.05) is 17.7 Å². The van der Waals surface area contributed by atoms with Crippen LogP contribution < -0.4 is 10.1 Å². The van der Waals surface area contributed by atoms with Crippen LogP contribution >= 0.6 is 0 Å². The highest BCUT2D eigenvalue weighted by Crippen LogP contribution is 2.45. The first-order chi connectivity index (χ1) is 18.7. The topological polar surface area (TPSA) is 78.8 Å². The Bertz CT molecular complexity index is 940. The third kappa shape index (κ3) is 10.6. The normalized spacial score (nSPS) is 19.4. The molecule has 0 amide bonds. The van der Waals surface area contributed by atoms with Gasteiger partial charge in [-0.05, 0) is 87.7 Å². The summed E-state index contributed by atoms with van der Waals surface area (Å²) in [7, 11) is 0. The molecule has 0 saturated carbocycles. The minimum absolute atomic E-state index is 0.211. The van der Waals surface area contributed by atoms with Crippen LogP contribution in [-0.4, -0.2) is 27.8 Å². The van der Waals surface area contributed by atoms with Crippen molar-refractivity contribution >= 4 is 5.97 Å². The number of nitrogens with one attached hydrogen (secondary N) is 1. The predicted molar refractivity (Wildman–Crippen MR) is 167 cm³/mol. The Hall–Kier alpha value is -1.75. The van der Waals surface area contributed by atoms with Gasteiger partial charge in [-0.3, -0.25) is 4.79 Å². The van der Waals surface area contributed by atoms with E-state index in [1.165, 1.54) is 44.9 Å². The highest BCUT2D eigenvalue weighted by Gasteiger charge is 2.35. The Morgan fingerprint density at radius 2 is 1.48 bits per heavy atom. The number of carboxylic acid groups (broad SMARTS) is 1. The first-order valence-electron chi connectivity index (χ1n) is 16.2. The summed E-state index contributed by atoms with van der Waals surface area (Å²) in [6.07, 6.45) is 13.8. The van der Waals surface area contributed by atoms with Gasteiger partial charge in [0.15, 0.2) is 0 Å². The van der Waals surface area contributed by atoms with Gasteiger partial charge in [-0.2, -0.15) is 0 Å². The minimum Gasteiger partial charge on any atom is -0.507 e. The van der Waals surface area contributed by atoms with Gasteiger partial charge in [0.1, 0.15) is 23.1 Å². The Kier molecular flexibility index (Phi) is 13.8. The number of ether oxygens (including phenoxy) is 1. The summed E-state index contributed by atoms with van der Waals surface area (Å²) in [6.45, 7) is 20.0. The molecular weight excluding hydrogens is 498 g/mol. The number of hydrogen-bond donors (Lipinski definition) is 3. The molecule has 230 valence electrons. The van der Waals surface area contributed by atoms with Crippen molar-refractivity contribution in [2.75, 3.05) is 0 Å². The van der Waals surface area contributed by atoms with Crippen LogP contribution in [0.2, 0.25) is 0 Å². The Morgan fingerprint density at radius 1 is 0.900 bits per heavy atom. The van der Waals surface area contributed by atoms with E-state index in [0.717, 1.165) is 71.4 Å². The van der Waals surface area contributed by atoms with Gasteiger partial charge >= 0.3 is 5.97 Å². The van der Waals surface area contributed by atoms with E-state index in [1.54, 1.807) is 0 Å². The van der Waals surface area contributed by atoms with Crippen LogP contribution in [0.4, 0.5) is 0 Å². The van der Waals surface area contributed by atoms with E-state index in [4.69, 9.17) is 4.74 Å². The number of rotatable bonds is 18. The molecule has 4 atom stereocenters. The number of fused-ring (bicyclic) bond motifs is 1. The van der Waals surface area contributed by atoms with Crippen LogP contribution in [0.5, 0.6) is 11.5 Å². The fraction of sp³-hybridized carbons (Fsp3) is 0.800. The van der Waals surface area contributed by atoms with E-state index in [-0.39, 0.29) is 17.3 Å². The summed E-state index contributed by atoms with van der Waals surface area (Å²) in [6, 6.07) is -0.637. The van der Waals surface area contributed by atoms with Crippen LogP contribution in [0.3, 0.4) is 0 Å². The van der Waals surface area contributed by atoms with E-state index in [2.05, 4.69) is 39.9 Å². The number of phenols is 1. The van der Waals surface area contributed by atoms with Crippen molar-refractivity contribution in [3.8, 4) is 11.5 Å². The zero-order valence-electron chi connectivity index (χ0n) is 27.3. The van der Waals surface area contributed by atoms with Gasteiger partial charge in [-0.15, -0.1) is 0 Å².